The Bertz CT molecular complexity index is 1520. The van der Waals surface area contributed by atoms with Crippen LogP contribution in [0.2, 0.25) is 0 Å². The third kappa shape index (κ3) is 6.89. The van der Waals surface area contributed by atoms with Crippen molar-refractivity contribution in [2.75, 3.05) is 6.61 Å². The second kappa shape index (κ2) is 13.9. The maximum absolute atomic E-state index is 14.1. The zero-order chi connectivity index (χ0) is 35.2. The molecule has 10 atom stereocenters. The molecule has 15 heteroatoms. The highest BCUT2D eigenvalue weighted by atomic mass is 16.7. The van der Waals surface area contributed by atoms with Gasteiger partial charge in [-0.05, 0) is 62.4 Å². The van der Waals surface area contributed by atoms with E-state index in [0.29, 0.717) is 5.56 Å². The molecule has 2 aromatic carbocycles. The lowest BCUT2D eigenvalue weighted by molar-refractivity contribution is -0.323. The molecule has 2 saturated heterocycles. The predicted molar refractivity (Wildman–Crippen MR) is 164 cm³/mol. The Morgan fingerprint density at radius 1 is 0.833 bits per heavy atom. The molecule has 2 aliphatic heterocycles. The third-order valence-electron chi connectivity index (χ3n) is 9.08. The van der Waals surface area contributed by atoms with Crippen LogP contribution in [0.3, 0.4) is 0 Å². The summed E-state index contributed by atoms with van der Waals surface area (Å²) in [7, 11) is 0. The summed E-state index contributed by atoms with van der Waals surface area (Å²) in [6, 6.07) is 6.81. The zero-order valence-corrected chi connectivity index (χ0v) is 26.5. The van der Waals surface area contributed by atoms with Gasteiger partial charge in [0.2, 0.25) is 12.1 Å². The number of rotatable bonds is 9. The third-order valence-corrected chi connectivity index (χ3v) is 9.08. The Labute approximate surface area is 275 Å². The van der Waals surface area contributed by atoms with Crippen LogP contribution in [0.1, 0.15) is 54.2 Å². The smallest absolute Gasteiger partial charge is 0.232 e. The molecule has 0 unspecified atom stereocenters. The zero-order valence-electron chi connectivity index (χ0n) is 26.5. The maximum atomic E-state index is 14.1. The van der Waals surface area contributed by atoms with Crippen LogP contribution in [-0.2, 0) is 31.8 Å². The number of hydrogen-bond donors (Lipinski definition) is 10. The lowest BCUT2D eigenvalue weighted by atomic mass is 9.81. The number of carbonyl (C=O) groups excluding carboxylic acids is 1. The summed E-state index contributed by atoms with van der Waals surface area (Å²) in [6.07, 6.45) is -14.7. The Hall–Kier alpha value is -3.35. The number of ether oxygens (including phenoxy) is 4. The fraction of sp³-hybridized carbons (Fsp3) is 0.545. The summed E-state index contributed by atoms with van der Waals surface area (Å²) in [4.78, 5) is 14.1. The molecule has 264 valence electrons. The Balaban J connectivity index is 1.47. The lowest BCUT2D eigenvalue weighted by Gasteiger charge is -2.42. The summed E-state index contributed by atoms with van der Waals surface area (Å²) in [5.74, 6) is -2.08. The number of fused-ring (bicyclic) bond motifs is 1. The number of aliphatic hydroxyl groups is 7. The van der Waals surface area contributed by atoms with Gasteiger partial charge in [0.05, 0.1) is 23.9 Å². The molecule has 2 fully saturated rings. The molecule has 0 spiro atoms. The highest BCUT2D eigenvalue weighted by molar-refractivity contribution is 6.16. The van der Waals surface area contributed by atoms with E-state index < -0.39 is 85.2 Å². The molecule has 15 nitrogen and oxygen atoms in total. The SMILES string of the molecule is C[C@@H]1O[C@H](OC2=C(c3ccc(O)cc3)Cc3c(CCC(C)(C)O[C@@H]4O[C@H](CO)[C@@H](O)[C@H](O)[C@H]4O)c(O)cc(O)c3C2=O)[C@H](O)[C@H](O)[C@H]1O. The van der Waals surface area contributed by atoms with E-state index in [2.05, 4.69) is 0 Å². The van der Waals surface area contributed by atoms with Crippen LogP contribution < -0.4 is 0 Å². The maximum Gasteiger partial charge on any atom is 0.232 e. The molecule has 2 heterocycles. The molecule has 0 bridgehead atoms. The van der Waals surface area contributed by atoms with E-state index in [1.807, 2.05) is 0 Å². The van der Waals surface area contributed by atoms with Gasteiger partial charge in [-0.1, -0.05) is 12.1 Å². The molecular formula is C33H42O15. The molecule has 5 rings (SSSR count). The number of hydrogen-bond acceptors (Lipinski definition) is 15. The summed E-state index contributed by atoms with van der Waals surface area (Å²) < 4.78 is 22.9. The van der Waals surface area contributed by atoms with E-state index in [9.17, 15) is 55.9 Å². The molecule has 48 heavy (non-hydrogen) atoms. The summed E-state index contributed by atoms with van der Waals surface area (Å²) >= 11 is 0. The van der Waals surface area contributed by atoms with Gasteiger partial charge < -0.3 is 70.0 Å². The standard InChI is InChI=1S/C33H42O15/c1-13-23(38)26(41)28(43)31(45-13)47-30-17(14-4-6-15(35)7-5-14)10-18-16(19(36)11-20(37)22(18)25(30)40)8-9-33(2,3)48-32-29(44)27(42)24(39)21(12-34)46-32/h4-7,11,13,21,23-24,26-29,31-32,34-39,41-44H,8-10,12H2,1-3H3/t13-,21+,23-,24+,26+,27-,28+,29+,31+,32-/m0/s1. The van der Waals surface area contributed by atoms with E-state index >= 15 is 0 Å². The second-order valence-corrected chi connectivity index (χ2v) is 13.0. The monoisotopic (exact) mass is 678 g/mol. The molecule has 1 aliphatic carbocycles. The molecule has 0 radical (unpaired) electrons. The van der Waals surface area contributed by atoms with Gasteiger partial charge in [-0.2, -0.15) is 0 Å². The Morgan fingerprint density at radius 3 is 2.10 bits per heavy atom. The van der Waals surface area contributed by atoms with E-state index in [4.69, 9.17) is 18.9 Å². The van der Waals surface area contributed by atoms with Gasteiger partial charge in [0.1, 0.15) is 60.0 Å². The Morgan fingerprint density at radius 2 is 1.46 bits per heavy atom. The van der Waals surface area contributed by atoms with Gasteiger partial charge in [-0.15, -0.1) is 0 Å². The van der Waals surface area contributed by atoms with Crippen molar-refractivity contribution in [1.29, 1.82) is 0 Å². The first-order valence-corrected chi connectivity index (χ1v) is 15.5. The number of carbonyl (C=O) groups is 1. The highest BCUT2D eigenvalue weighted by Crippen LogP contribution is 2.44. The van der Waals surface area contributed by atoms with E-state index in [-0.39, 0.29) is 58.8 Å². The molecule has 0 saturated carbocycles. The predicted octanol–water partition coefficient (Wildman–Crippen LogP) is -0.675. The number of benzene rings is 2. The number of ketones is 1. The van der Waals surface area contributed by atoms with E-state index in [1.54, 1.807) is 13.8 Å². The molecular weight excluding hydrogens is 636 g/mol. The second-order valence-electron chi connectivity index (χ2n) is 13.0. The van der Waals surface area contributed by atoms with Crippen LogP contribution in [0.25, 0.3) is 5.57 Å². The fourth-order valence-electron chi connectivity index (χ4n) is 6.20. The highest BCUT2D eigenvalue weighted by Gasteiger charge is 2.47. The topological polar surface area (TPSA) is 256 Å². The number of phenols is 3. The van der Waals surface area contributed by atoms with Crippen molar-refractivity contribution in [3.63, 3.8) is 0 Å². The van der Waals surface area contributed by atoms with Crippen LogP contribution in [0.15, 0.2) is 36.1 Å². The van der Waals surface area contributed by atoms with Crippen LogP contribution >= 0.6 is 0 Å². The minimum Gasteiger partial charge on any atom is -0.508 e. The van der Waals surface area contributed by atoms with Crippen molar-refractivity contribution >= 4 is 11.4 Å². The van der Waals surface area contributed by atoms with Crippen LogP contribution in [-0.4, -0.2) is 130 Å². The van der Waals surface area contributed by atoms with Gasteiger partial charge in [-0.3, -0.25) is 4.79 Å². The number of Topliss-reactive ketones (excluding diaryl/α,β-unsaturated/α-hetero) is 1. The first-order chi connectivity index (χ1) is 22.5. The van der Waals surface area contributed by atoms with Crippen molar-refractivity contribution in [2.24, 2.45) is 0 Å². The Kier molecular flexibility index (Phi) is 10.4. The van der Waals surface area contributed by atoms with Crippen LogP contribution in [0.4, 0.5) is 0 Å². The van der Waals surface area contributed by atoms with Crippen molar-refractivity contribution < 1.29 is 74.8 Å². The average Bonchev–Trinajstić information content (AvgIpc) is 3.03. The number of phenolic OH excluding ortho intramolecular Hbond substituents is 3. The largest absolute Gasteiger partial charge is 0.508 e. The summed E-state index contributed by atoms with van der Waals surface area (Å²) in [5, 5.41) is 103. The van der Waals surface area contributed by atoms with Crippen molar-refractivity contribution in [3.8, 4) is 17.2 Å². The van der Waals surface area contributed by atoms with Gasteiger partial charge in [-0.25, -0.2) is 0 Å². The van der Waals surface area contributed by atoms with Crippen LogP contribution in [0, 0.1) is 0 Å². The van der Waals surface area contributed by atoms with Crippen molar-refractivity contribution in [1.82, 2.24) is 0 Å². The van der Waals surface area contributed by atoms with E-state index in [0.717, 1.165) is 6.07 Å². The minimum absolute atomic E-state index is 0.0565. The van der Waals surface area contributed by atoms with Crippen molar-refractivity contribution in [2.45, 2.75) is 107 Å². The first-order valence-electron chi connectivity index (χ1n) is 15.5. The molecule has 10 N–H and O–H groups in total. The quantitative estimate of drug-likeness (QED) is 0.158. The van der Waals surface area contributed by atoms with E-state index in [1.165, 1.54) is 31.2 Å². The van der Waals surface area contributed by atoms with Gasteiger partial charge in [0.15, 0.2) is 12.0 Å². The molecule has 0 amide bonds. The van der Waals surface area contributed by atoms with Gasteiger partial charge in [0.25, 0.3) is 0 Å². The molecule has 2 aromatic rings. The number of aliphatic hydroxyl groups excluding tert-OH is 7. The number of aromatic hydroxyl groups is 3. The van der Waals surface area contributed by atoms with Crippen molar-refractivity contribution in [3.05, 3.63) is 58.3 Å². The minimum atomic E-state index is -1.74. The number of allylic oxidation sites excluding steroid dienone is 2. The average molecular weight is 679 g/mol. The van der Waals surface area contributed by atoms with Crippen LogP contribution in [0.5, 0.6) is 17.2 Å². The molecule has 0 aromatic heterocycles. The van der Waals surface area contributed by atoms with Gasteiger partial charge in [0, 0.05) is 18.1 Å². The first kappa shape index (κ1) is 35.9. The molecule has 3 aliphatic rings. The summed E-state index contributed by atoms with van der Waals surface area (Å²) in [6.45, 7) is 4.12. The fourth-order valence-corrected chi connectivity index (χ4v) is 6.20. The summed E-state index contributed by atoms with van der Waals surface area (Å²) in [5.41, 5.74) is -0.0970. The van der Waals surface area contributed by atoms with Gasteiger partial charge >= 0.3 is 0 Å². The lowest BCUT2D eigenvalue weighted by Crippen LogP contribution is -2.60. The normalized spacial score (nSPS) is 32.7.